The van der Waals surface area contributed by atoms with Gasteiger partial charge in [-0.25, -0.2) is 0 Å². The normalized spacial score (nSPS) is 12.5. The van der Waals surface area contributed by atoms with Gasteiger partial charge >= 0.3 is 0 Å². The first-order valence-corrected chi connectivity index (χ1v) is 7.07. The van der Waals surface area contributed by atoms with Gasteiger partial charge < -0.3 is 10.6 Å². The molecule has 0 spiro atoms. The van der Waals surface area contributed by atoms with Gasteiger partial charge in [0.1, 0.15) is 0 Å². The summed E-state index contributed by atoms with van der Waals surface area (Å²) in [7, 11) is 0. The Balaban J connectivity index is 2.72. The fourth-order valence-corrected chi connectivity index (χ4v) is 1.94. The van der Waals surface area contributed by atoms with Crippen molar-refractivity contribution in [2.75, 3.05) is 5.73 Å². The summed E-state index contributed by atoms with van der Waals surface area (Å²) < 4.78 is 0. The van der Waals surface area contributed by atoms with Gasteiger partial charge in [-0.15, -0.1) is 0 Å². The quantitative estimate of drug-likeness (QED) is 0.798. The molecule has 0 aliphatic heterocycles. The van der Waals surface area contributed by atoms with Gasteiger partial charge in [0.05, 0.1) is 0 Å². The summed E-state index contributed by atoms with van der Waals surface area (Å²) in [6.45, 7) is 9.03. The van der Waals surface area contributed by atoms with Crippen molar-refractivity contribution in [3.8, 4) is 0 Å². The first-order chi connectivity index (χ1) is 8.93. The molecule has 0 fully saturated rings. The second kappa shape index (κ2) is 7.17. The minimum absolute atomic E-state index is 0.217. The predicted molar refractivity (Wildman–Crippen MR) is 80.6 cm³/mol. The molecule has 0 bridgehead atoms. The zero-order valence-electron chi connectivity index (χ0n) is 12.5. The topological polar surface area (TPSA) is 46.3 Å². The number of nitrogen functional groups attached to an aromatic ring is 1. The number of nitrogens with two attached hydrogens (primary N) is 1. The lowest BCUT2D eigenvalue weighted by molar-refractivity contribution is -0.134. The first kappa shape index (κ1) is 15.5. The summed E-state index contributed by atoms with van der Waals surface area (Å²) in [4.78, 5) is 14.3. The van der Waals surface area contributed by atoms with Crippen LogP contribution in [0.1, 0.15) is 46.1 Å². The average molecular weight is 262 g/mol. The van der Waals surface area contributed by atoms with Crippen LogP contribution in [0.2, 0.25) is 0 Å². The molecule has 0 saturated heterocycles. The number of anilines is 1. The zero-order chi connectivity index (χ0) is 14.4. The van der Waals surface area contributed by atoms with Gasteiger partial charge in [0.15, 0.2) is 0 Å². The molecule has 2 N–H and O–H groups in total. The van der Waals surface area contributed by atoms with Crippen molar-refractivity contribution in [2.45, 2.75) is 53.1 Å². The molecule has 1 amide bonds. The monoisotopic (exact) mass is 262 g/mol. The number of carbonyl (C=O) groups is 1. The lowest BCUT2D eigenvalue weighted by Crippen LogP contribution is -2.37. The van der Waals surface area contributed by atoms with Crippen LogP contribution in [-0.2, 0) is 11.3 Å². The Bertz CT molecular complexity index is 398. The lowest BCUT2D eigenvalue weighted by Gasteiger charge is -2.28. The molecular formula is C16H26N2O. The molecule has 1 atom stereocenters. The Morgan fingerprint density at radius 1 is 1.21 bits per heavy atom. The van der Waals surface area contributed by atoms with Crippen LogP contribution in [0, 0.1) is 5.92 Å². The average Bonchev–Trinajstić information content (AvgIpc) is 2.37. The van der Waals surface area contributed by atoms with E-state index in [2.05, 4.69) is 27.7 Å². The molecule has 1 aromatic rings. The molecule has 3 heteroatoms. The van der Waals surface area contributed by atoms with Gasteiger partial charge in [0.25, 0.3) is 0 Å². The van der Waals surface area contributed by atoms with E-state index >= 15 is 0 Å². The van der Waals surface area contributed by atoms with Crippen molar-refractivity contribution in [2.24, 2.45) is 5.92 Å². The maximum absolute atomic E-state index is 12.3. The molecule has 1 aromatic carbocycles. The van der Waals surface area contributed by atoms with E-state index in [0.717, 1.165) is 17.7 Å². The first-order valence-electron chi connectivity index (χ1n) is 7.07. The molecule has 0 heterocycles. The smallest absolute Gasteiger partial charge is 0.223 e. The van der Waals surface area contributed by atoms with Crippen LogP contribution in [-0.4, -0.2) is 16.8 Å². The van der Waals surface area contributed by atoms with E-state index in [4.69, 9.17) is 5.73 Å². The summed E-state index contributed by atoms with van der Waals surface area (Å²) in [5, 5.41) is 0. The molecule has 1 unspecified atom stereocenters. The van der Waals surface area contributed by atoms with Crippen LogP contribution in [0.5, 0.6) is 0 Å². The molecule has 0 aliphatic carbocycles. The van der Waals surface area contributed by atoms with Gasteiger partial charge in [0, 0.05) is 24.7 Å². The Morgan fingerprint density at radius 3 is 2.26 bits per heavy atom. The molecular weight excluding hydrogens is 236 g/mol. The zero-order valence-corrected chi connectivity index (χ0v) is 12.5. The van der Waals surface area contributed by atoms with Crippen LogP contribution in [0.15, 0.2) is 24.3 Å². The lowest BCUT2D eigenvalue weighted by atomic mass is 10.0. The largest absolute Gasteiger partial charge is 0.399 e. The van der Waals surface area contributed by atoms with E-state index in [0.29, 0.717) is 18.9 Å². The fourth-order valence-electron chi connectivity index (χ4n) is 1.94. The van der Waals surface area contributed by atoms with Gasteiger partial charge in [-0.05, 0) is 37.5 Å². The van der Waals surface area contributed by atoms with Crippen molar-refractivity contribution in [1.29, 1.82) is 0 Å². The molecule has 0 aliphatic rings. The van der Waals surface area contributed by atoms with Gasteiger partial charge in [0.2, 0.25) is 5.91 Å². The maximum atomic E-state index is 12.3. The van der Waals surface area contributed by atoms with Crippen LogP contribution in [0.25, 0.3) is 0 Å². The number of carbonyl (C=O) groups excluding carboxylic acids is 1. The van der Waals surface area contributed by atoms with Crippen LogP contribution < -0.4 is 5.73 Å². The highest BCUT2D eigenvalue weighted by Crippen LogP contribution is 2.15. The predicted octanol–water partition coefficient (Wildman–Crippen LogP) is 3.44. The standard InChI is InChI=1S/C16H26N2O/c1-5-13(4)10-16(19)18(12(2)3)11-14-6-8-15(17)9-7-14/h6-9,12-13H,5,10-11,17H2,1-4H3. The van der Waals surface area contributed by atoms with E-state index < -0.39 is 0 Å². The summed E-state index contributed by atoms with van der Waals surface area (Å²) in [6, 6.07) is 7.96. The van der Waals surface area contributed by atoms with Crippen molar-refractivity contribution in [3.05, 3.63) is 29.8 Å². The third kappa shape index (κ3) is 4.93. The SMILES string of the molecule is CCC(C)CC(=O)N(Cc1ccc(N)cc1)C(C)C. The third-order valence-electron chi connectivity index (χ3n) is 3.50. The molecule has 1 rings (SSSR count). The summed E-state index contributed by atoms with van der Waals surface area (Å²) >= 11 is 0. The summed E-state index contributed by atoms with van der Waals surface area (Å²) in [5.41, 5.74) is 7.56. The van der Waals surface area contributed by atoms with Crippen molar-refractivity contribution in [1.82, 2.24) is 4.90 Å². The second-order valence-electron chi connectivity index (χ2n) is 5.57. The van der Waals surface area contributed by atoms with Crippen LogP contribution >= 0.6 is 0 Å². The molecule has 0 saturated carbocycles. The van der Waals surface area contributed by atoms with Gasteiger partial charge in [-0.2, -0.15) is 0 Å². The van der Waals surface area contributed by atoms with Crippen LogP contribution in [0.4, 0.5) is 5.69 Å². The number of rotatable bonds is 6. The van der Waals surface area contributed by atoms with E-state index in [-0.39, 0.29) is 11.9 Å². The minimum Gasteiger partial charge on any atom is -0.399 e. The van der Waals surface area contributed by atoms with E-state index in [1.54, 1.807) is 0 Å². The summed E-state index contributed by atoms with van der Waals surface area (Å²) in [5.74, 6) is 0.682. The Kier molecular flexibility index (Phi) is 5.87. The number of amides is 1. The highest BCUT2D eigenvalue weighted by molar-refractivity contribution is 5.76. The van der Waals surface area contributed by atoms with Crippen molar-refractivity contribution >= 4 is 11.6 Å². The Hall–Kier alpha value is -1.51. The Morgan fingerprint density at radius 2 is 1.79 bits per heavy atom. The van der Waals surface area contributed by atoms with E-state index in [1.165, 1.54) is 0 Å². The molecule has 106 valence electrons. The van der Waals surface area contributed by atoms with Crippen LogP contribution in [0.3, 0.4) is 0 Å². The highest BCUT2D eigenvalue weighted by Gasteiger charge is 2.18. The summed E-state index contributed by atoms with van der Waals surface area (Å²) in [6.07, 6.45) is 1.67. The van der Waals surface area contributed by atoms with E-state index in [9.17, 15) is 4.79 Å². The Labute approximate surface area is 116 Å². The highest BCUT2D eigenvalue weighted by atomic mass is 16.2. The number of hydrogen-bond acceptors (Lipinski definition) is 2. The maximum Gasteiger partial charge on any atom is 0.223 e. The molecule has 19 heavy (non-hydrogen) atoms. The molecule has 0 aromatic heterocycles. The van der Waals surface area contributed by atoms with Gasteiger partial charge in [-0.1, -0.05) is 32.4 Å². The minimum atomic E-state index is 0.217. The molecule has 0 radical (unpaired) electrons. The number of hydrogen-bond donors (Lipinski definition) is 1. The number of benzene rings is 1. The molecule has 3 nitrogen and oxygen atoms in total. The number of nitrogens with zero attached hydrogens (tertiary/aromatic N) is 1. The second-order valence-corrected chi connectivity index (χ2v) is 5.57. The fraction of sp³-hybridized carbons (Fsp3) is 0.562. The van der Waals surface area contributed by atoms with E-state index in [1.807, 2.05) is 29.2 Å². The van der Waals surface area contributed by atoms with Crippen molar-refractivity contribution < 1.29 is 4.79 Å². The third-order valence-corrected chi connectivity index (χ3v) is 3.50. The van der Waals surface area contributed by atoms with Crippen molar-refractivity contribution in [3.63, 3.8) is 0 Å². The van der Waals surface area contributed by atoms with Gasteiger partial charge in [-0.3, -0.25) is 4.79 Å².